The highest BCUT2D eigenvalue weighted by molar-refractivity contribution is 5.86. The molecule has 0 aromatic rings. The van der Waals surface area contributed by atoms with Gasteiger partial charge in [0, 0.05) is 38.1 Å². The zero-order valence-corrected chi connectivity index (χ0v) is 25.5. The third kappa shape index (κ3) is 7.94. The van der Waals surface area contributed by atoms with Crippen LogP contribution in [0.2, 0.25) is 0 Å². The van der Waals surface area contributed by atoms with Crippen LogP contribution in [0.4, 0.5) is 0 Å². The number of aliphatic hydroxyl groups is 8. The van der Waals surface area contributed by atoms with Gasteiger partial charge in [0.2, 0.25) is 0 Å². The molecule has 4 fully saturated rings. The predicted molar refractivity (Wildman–Crippen MR) is 153 cm³/mol. The van der Waals surface area contributed by atoms with Gasteiger partial charge in [0.25, 0.3) is 5.91 Å². The number of nitrogens with one attached hydrogen (secondary N) is 3. The Hall–Kier alpha value is -1.17. The summed E-state index contributed by atoms with van der Waals surface area (Å²) in [5.41, 5.74) is 9.00. The van der Waals surface area contributed by atoms with E-state index in [2.05, 4.69) is 16.0 Å². The Balaban J connectivity index is 1.53. The first-order valence-corrected chi connectivity index (χ1v) is 15.4. The molecule has 0 radical (unpaired) electrons. The first-order valence-electron chi connectivity index (χ1n) is 15.4. The standard InChI is InChI=1S/C27H51N5O13/c1-26(40)10-42-23(19(38)22(26)30-2)45-21-13(32-25(39)27(41)7-11(28)8-27)6-12(29)20(18(21)37)44-24-17(36)16(35)15(34)14(43-24)9-31-4-3-5-33/h11-24,30-31,33-38,40-41H,3-10,28-29H2,1-2H3,(H,32,39)/t11?,12-,13+,14+,15+,16-,17+,18-,19+,20?,21-,22+,23+,24+,26-,27?/m0/s1. The van der Waals surface area contributed by atoms with E-state index >= 15 is 0 Å². The van der Waals surface area contributed by atoms with Gasteiger partial charge < -0.3 is 87.2 Å². The number of carbonyl (C=O) groups excluding carboxylic acids is 1. The normalized spacial score (nSPS) is 48.9. The van der Waals surface area contributed by atoms with Crippen LogP contribution >= 0.6 is 0 Å². The van der Waals surface area contributed by atoms with Gasteiger partial charge in [-0.3, -0.25) is 4.79 Å². The zero-order valence-electron chi connectivity index (χ0n) is 25.5. The molecule has 1 unspecified atom stereocenters. The van der Waals surface area contributed by atoms with E-state index in [9.17, 15) is 40.5 Å². The minimum atomic E-state index is -1.73. The Labute approximate surface area is 261 Å². The topological polar surface area (TPSA) is 304 Å². The van der Waals surface area contributed by atoms with Crippen molar-refractivity contribution in [1.82, 2.24) is 16.0 Å². The van der Waals surface area contributed by atoms with Gasteiger partial charge >= 0.3 is 0 Å². The lowest BCUT2D eigenvalue weighted by Gasteiger charge is -2.50. The molecule has 0 aromatic heterocycles. The first kappa shape index (κ1) is 36.7. The van der Waals surface area contributed by atoms with Gasteiger partial charge in [0.15, 0.2) is 12.6 Å². The van der Waals surface area contributed by atoms with Crippen molar-refractivity contribution in [2.24, 2.45) is 11.5 Å². The molecule has 18 heteroatoms. The third-order valence-electron chi connectivity index (χ3n) is 9.21. The summed E-state index contributed by atoms with van der Waals surface area (Å²) in [7, 11) is 1.53. The number of ether oxygens (including phenoxy) is 4. The van der Waals surface area contributed by atoms with Gasteiger partial charge in [-0.05, 0) is 33.4 Å². The Morgan fingerprint density at radius 2 is 1.62 bits per heavy atom. The lowest BCUT2D eigenvalue weighted by Crippen LogP contribution is -2.71. The SMILES string of the molecule is CN[C@@H]1[C@@H](O)[C@@H](O[C@H]2[C@H](NC(=O)C3(O)CC(N)C3)C[C@H](N)C(O[C@H]3O[C@H](CNCCCO)[C@@H](O)[C@H](O)[C@H]3O)[C@@H]2O)OC[C@]1(C)O. The summed E-state index contributed by atoms with van der Waals surface area (Å²) in [6, 6.07) is -3.28. The fraction of sp³-hybridized carbons (Fsp3) is 0.963. The van der Waals surface area contributed by atoms with E-state index in [1.54, 1.807) is 0 Å². The summed E-state index contributed by atoms with van der Waals surface area (Å²) in [5.74, 6) is -0.748. The average molecular weight is 654 g/mol. The highest BCUT2D eigenvalue weighted by atomic mass is 16.7. The molecular weight excluding hydrogens is 602 g/mol. The van der Waals surface area contributed by atoms with Gasteiger partial charge in [0.1, 0.15) is 60.0 Å². The number of hydrogen-bond donors (Lipinski definition) is 13. The van der Waals surface area contributed by atoms with E-state index in [-0.39, 0.29) is 45.1 Å². The second-order valence-corrected chi connectivity index (χ2v) is 13.0. The summed E-state index contributed by atoms with van der Waals surface area (Å²) in [5, 5.41) is 93.0. The van der Waals surface area contributed by atoms with Crippen molar-refractivity contribution < 1.29 is 64.6 Å². The van der Waals surface area contributed by atoms with Crippen molar-refractivity contribution in [3.8, 4) is 0 Å². The average Bonchev–Trinajstić information content (AvgIpc) is 2.96. The molecule has 2 aliphatic carbocycles. The second kappa shape index (κ2) is 14.9. The molecule has 2 aliphatic heterocycles. The Kier molecular flexibility index (Phi) is 12.2. The fourth-order valence-electron chi connectivity index (χ4n) is 6.55. The maximum absolute atomic E-state index is 13.1. The van der Waals surface area contributed by atoms with Crippen molar-refractivity contribution in [3.05, 3.63) is 0 Å². The minimum absolute atomic E-state index is 0.0297. The summed E-state index contributed by atoms with van der Waals surface area (Å²) in [6.45, 7) is 1.61. The van der Waals surface area contributed by atoms with Crippen LogP contribution in [0.3, 0.4) is 0 Å². The van der Waals surface area contributed by atoms with Crippen molar-refractivity contribution >= 4 is 5.91 Å². The first-order chi connectivity index (χ1) is 21.1. The predicted octanol–water partition coefficient (Wildman–Crippen LogP) is -6.98. The van der Waals surface area contributed by atoms with E-state index < -0.39 is 96.6 Å². The monoisotopic (exact) mass is 653 g/mol. The van der Waals surface area contributed by atoms with E-state index in [0.717, 1.165) is 0 Å². The van der Waals surface area contributed by atoms with Crippen LogP contribution in [0, 0.1) is 0 Å². The molecule has 1 amide bonds. The molecule has 15 N–H and O–H groups in total. The van der Waals surface area contributed by atoms with Crippen LogP contribution in [0.1, 0.15) is 32.6 Å². The number of likely N-dealkylation sites (N-methyl/N-ethyl adjacent to an activating group) is 1. The highest BCUT2D eigenvalue weighted by Gasteiger charge is 2.55. The van der Waals surface area contributed by atoms with Crippen molar-refractivity contribution in [2.75, 3.05) is 33.4 Å². The van der Waals surface area contributed by atoms with E-state index in [4.69, 9.17) is 35.5 Å². The molecule has 0 spiro atoms. The molecule has 45 heavy (non-hydrogen) atoms. The highest BCUT2D eigenvalue weighted by Crippen LogP contribution is 2.35. The quantitative estimate of drug-likeness (QED) is 0.0870. The number of rotatable bonds is 12. The zero-order chi connectivity index (χ0) is 33.3. The van der Waals surface area contributed by atoms with Crippen LogP contribution < -0.4 is 27.4 Å². The van der Waals surface area contributed by atoms with Crippen LogP contribution in [0.15, 0.2) is 0 Å². The molecule has 0 bridgehead atoms. The van der Waals surface area contributed by atoms with Crippen LogP contribution in [0.25, 0.3) is 0 Å². The number of hydrogen-bond acceptors (Lipinski definition) is 17. The van der Waals surface area contributed by atoms with Crippen molar-refractivity contribution in [2.45, 2.75) is 129 Å². The Bertz CT molecular complexity index is 977. The maximum Gasteiger partial charge on any atom is 0.252 e. The van der Waals surface area contributed by atoms with Gasteiger partial charge in [-0.2, -0.15) is 0 Å². The lowest BCUT2D eigenvalue weighted by molar-refractivity contribution is -0.331. The largest absolute Gasteiger partial charge is 0.396 e. The summed E-state index contributed by atoms with van der Waals surface area (Å²) >= 11 is 0. The van der Waals surface area contributed by atoms with Gasteiger partial charge in [0.05, 0.1) is 18.7 Å². The molecule has 18 nitrogen and oxygen atoms in total. The number of aliphatic hydroxyl groups excluding tert-OH is 6. The molecule has 14 atom stereocenters. The molecule has 262 valence electrons. The lowest BCUT2D eigenvalue weighted by atomic mass is 9.75. The number of nitrogens with two attached hydrogens (primary N) is 2. The van der Waals surface area contributed by atoms with Gasteiger partial charge in [-0.1, -0.05) is 0 Å². The fourth-order valence-corrected chi connectivity index (χ4v) is 6.55. The summed E-state index contributed by atoms with van der Waals surface area (Å²) in [6.07, 6.45) is -14.2. The van der Waals surface area contributed by atoms with E-state index in [1.165, 1.54) is 14.0 Å². The molecule has 0 aromatic carbocycles. The Morgan fingerprint density at radius 1 is 0.956 bits per heavy atom. The molecule has 4 aliphatic rings. The van der Waals surface area contributed by atoms with Gasteiger partial charge in [-0.25, -0.2) is 0 Å². The molecular formula is C27H51N5O13. The minimum Gasteiger partial charge on any atom is -0.396 e. The molecule has 4 rings (SSSR count). The Morgan fingerprint density at radius 3 is 2.24 bits per heavy atom. The van der Waals surface area contributed by atoms with Crippen LogP contribution in [-0.2, 0) is 23.7 Å². The van der Waals surface area contributed by atoms with Crippen LogP contribution in [0.5, 0.6) is 0 Å². The molecule has 2 heterocycles. The number of carbonyl (C=O) groups is 1. The van der Waals surface area contributed by atoms with E-state index in [1.807, 2.05) is 0 Å². The number of amides is 1. The van der Waals surface area contributed by atoms with Crippen molar-refractivity contribution in [1.29, 1.82) is 0 Å². The summed E-state index contributed by atoms with van der Waals surface area (Å²) < 4.78 is 23.4. The molecule has 2 saturated carbocycles. The third-order valence-corrected chi connectivity index (χ3v) is 9.21. The van der Waals surface area contributed by atoms with Gasteiger partial charge in [-0.15, -0.1) is 0 Å². The summed E-state index contributed by atoms with van der Waals surface area (Å²) in [4.78, 5) is 13.1. The van der Waals surface area contributed by atoms with Crippen molar-refractivity contribution in [3.63, 3.8) is 0 Å². The maximum atomic E-state index is 13.1. The van der Waals surface area contributed by atoms with Crippen LogP contribution in [-0.4, -0.2) is 177 Å². The molecule has 2 saturated heterocycles. The van der Waals surface area contributed by atoms with E-state index in [0.29, 0.717) is 13.0 Å². The second-order valence-electron chi connectivity index (χ2n) is 13.0. The smallest absolute Gasteiger partial charge is 0.252 e.